The Balaban J connectivity index is 2.18. The molecule has 2 rings (SSSR count). The second-order valence-electron chi connectivity index (χ2n) is 5.61. The van der Waals surface area contributed by atoms with E-state index in [4.69, 9.17) is 10.5 Å². The number of anilines is 1. The molecule has 1 aliphatic carbocycles. The van der Waals surface area contributed by atoms with Crippen LogP contribution in [0.2, 0.25) is 0 Å². The number of rotatable bonds is 6. The van der Waals surface area contributed by atoms with Gasteiger partial charge in [-0.15, -0.1) is 0 Å². The molecule has 0 spiro atoms. The van der Waals surface area contributed by atoms with Crippen molar-refractivity contribution >= 4 is 5.69 Å². The van der Waals surface area contributed by atoms with Crippen LogP contribution >= 0.6 is 0 Å². The molecule has 0 amide bonds. The van der Waals surface area contributed by atoms with Gasteiger partial charge in [0, 0.05) is 30.9 Å². The lowest BCUT2D eigenvalue weighted by Crippen LogP contribution is -2.50. The molecule has 3 nitrogen and oxygen atoms in total. The normalized spacial score (nSPS) is 18.2. The quantitative estimate of drug-likeness (QED) is 0.841. The summed E-state index contributed by atoms with van der Waals surface area (Å²) < 4.78 is 5.29. The number of benzene rings is 1. The minimum atomic E-state index is 0.0352. The molecule has 3 heteroatoms. The van der Waals surface area contributed by atoms with Crippen LogP contribution in [0.3, 0.4) is 0 Å². The summed E-state index contributed by atoms with van der Waals surface area (Å²) in [5.41, 5.74) is 7.22. The van der Waals surface area contributed by atoms with Gasteiger partial charge in [0.05, 0.1) is 7.11 Å². The van der Waals surface area contributed by atoms with E-state index in [-0.39, 0.29) is 5.54 Å². The van der Waals surface area contributed by atoms with Crippen molar-refractivity contribution in [3.05, 3.63) is 24.3 Å². The molecule has 2 N–H and O–H groups in total. The van der Waals surface area contributed by atoms with Crippen LogP contribution in [0.1, 0.15) is 26.2 Å². The van der Waals surface area contributed by atoms with Gasteiger partial charge in [-0.05, 0) is 31.4 Å². The minimum Gasteiger partial charge on any atom is -0.497 e. The average molecular weight is 248 g/mol. The lowest BCUT2D eigenvalue weighted by molar-refractivity contribution is 0.394. The molecule has 1 fully saturated rings. The molecule has 1 saturated carbocycles. The summed E-state index contributed by atoms with van der Waals surface area (Å²) in [6, 6.07) is 8.18. The van der Waals surface area contributed by atoms with Gasteiger partial charge in [0.2, 0.25) is 0 Å². The molecular weight excluding hydrogens is 224 g/mol. The third-order valence-electron chi connectivity index (χ3n) is 4.12. The van der Waals surface area contributed by atoms with Crippen LogP contribution in [0.15, 0.2) is 24.3 Å². The van der Waals surface area contributed by atoms with Crippen molar-refractivity contribution in [2.45, 2.75) is 31.7 Å². The Morgan fingerprint density at radius 2 is 2.17 bits per heavy atom. The van der Waals surface area contributed by atoms with Crippen molar-refractivity contribution in [1.82, 2.24) is 0 Å². The first kappa shape index (κ1) is 13.2. The third-order valence-corrected chi connectivity index (χ3v) is 4.12. The third kappa shape index (κ3) is 2.78. The topological polar surface area (TPSA) is 38.5 Å². The molecule has 0 aliphatic heterocycles. The average Bonchev–Trinajstić information content (AvgIpc) is 3.21. The van der Waals surface area contributed by atoms with Gasteiger partial charge in [0.15, 0.2) is 0 Å². The number of nitrogens with two attached hydrogens (primary N) is 1. The number of nitrogens with zero attached hydrogens (tertiary/aromatic N) is 1. The number of ether oxygens (including phenoxy) is 1. The second kappa shape index (κ2) is 5.19. The first-order valence-electron chi connectivity index (χ1n) is 6.67. The van der Waals surface area contributed by atoms with Crippen LogP contribution in [-0.4, -0.2) is 26.2 Å². The zero-order valence-corrected chi connectivity index (χ0v) is 11.6. The number of likely N-dealkylation sites (N-methyl/N-ethyl adjacent to an activating group) is 1. The SMILES string of the molecule is COc1cccc(N(C)C(C)(CN)CC2CC2)c1. The van der Waals surface area contributed by atoms with Crippen LogP contribution < -0.4 is 15.4 Å². The molecule has 0 bridgehead atoms. The van der Waals surface area contributed by atoms with Crippen molar-refractivity contribution in [3.8, 4) is 5.75 Å². The molecule has 1 aliphatic rings. The second-order valence-corrected chi connectivity index (χ2v) is 5.61. The zero-order chi connectivity index (χ0) is 13.2. The summed E-state index contributed by atoms with van der Waals surface area (Å²) in [6.07, 6.45) is 3.90. The molecule has 100 valence electrons. The minimum absolute atomic E-state index is 0.0352. The van der Waals surface area contributed by atoms with E-state index in [1.807, 2.05) is 12.1 Å². The summed E-state index contributed by atoms with van der Waals surface area (Å²) >= 11 is 0. The smallest absolute Gasteiger partial charge is 0.120 e. The van der Waals surface area contributed by atoms with E-state index in [0.29, 0.717) is 6.54 Å². The van der Waals surface area contributed by atoms with Gasteiger partial charge in [-0.25, -0.2) is 0 Å². The van der Waals surface area contributed by atoms with Crippen molar-refractivity contribution < 1.29 is 4.74 Å². The molecule has 18 heavy (non-hydrogen) atoms. The molecule has 0 radical (unpaired) electrons. The van der Waals surface area contributed by atoms with Crippen LogP contribution in [0.25, 0.3) is 0 Å². The molecule has 0 aromatic heterocycles. The zero-order valence-electron chi connectivity index (χ0n) is 11.6. The van der Waals surface area contributed by atoms with Gasteiger partial charge >= 0.3 is 0 Å². The van der Waals surface area contributed by atoms with E-state index in [1.54, 1.807) is 7.11 Å². The monoisotopic (exact) mass is 248 g/mol. The lowest BCUT2D eigenvalue weighted by atomic mass is 9.92. The Kier molecular flexibility index (Phi) is 3.81. The maximum Gasteiger partial charge on any atom is 0.120 e. The Morgan fingerprint density at radius 3 is 2.72 bits per heavy atom. The van der Waals surface area contributed by atoms with Crippen LogP contribution in [-0.2, 0) is 0 Å². The van der Waals surface area contributed by atoms with Crippen molar-refractivity contribution in [2.75, 3.05) is 25.6 Å². The van der Waals surface area contributed by atoms with Crippen molar-refractivity contribution in [1.29, 1.82) is 0 Å². The van der Waals surface area contributed by atoms with Gasteiger partial charge in [-0.2, -0.15) is 0 Å². The Hall–Kier alpha value is -1.22. The first-order chi connectivity index (χ1) is 8.59. The maximum atomic E-state index is 6.02. The van der Waals surface area contributed by atoms with Gasteiger partial charge in [-0.1, -0.05) is 18.9 Å². The molecule has 0 heterocycles. The molecule has 1 aromatic rings. The van der Waals surface area contributed by atoms with E-state index in [9.17, 15) is 0 Å². The number of methoxy groups -OCH3 is 1. The molecule has 0 saturated heterocycles. The summed E-state index contributed by atoms with van der Waals surface area (Å²) in [4.78, 5) is 2.30. The summed E-state index contributed by atoms with van der Waals surface area (Å²) in [6.45, 7) is 2.93. The molecular formula is C15H24N2O. The lowest BCUT2D eigenvalue weighted by Gasteiger charge is -2.40. The van der Waals surface area contributed by atoms with Gasteiger partial charge < -0.3 is 15.4 Å². The maximum absolute atomic E-state index is 6.02. The fraction of sp³-hybridized carbons (Fsp3) is 0.600. The highest BCUT2D eigenvalue weighted by Crippen LogP contribution is 2.39. The summed E-state index contributed by atoms with van der Waals surface area (Å²) in [7, 11) is 3.83. The van der Waals surface area contributed by atoms with E-state index in [1.165, 1.54) is 24.9 Å². The number of hydrogen-bond donors (Lipinski definition) is 1. The molecule has 1 aromatic carbocycles. The van der Waals surface area contributed by atoms with Gasteiger partial charge in [0.25, 0.3) is 0 Å². The fourth-order valence-electron chi connectivity index (χ4n) is 2.43. The number of hydrogen-bond acceptors (Lipinski definition) is 3. The fourth-order valence-corrected chi connectivity index (χ4v) is 2.43. The van der Waals surface area contributed by atoms with Crippen molar-refractivity contribution in [2.24, 2.45) is 11.7 Å². The standard InChI is InChI=1S/C15H24N2O/c1-15(11-16,10-12-7-8-12)17(2)13-5-4-6-14(9-13)18-3/h4-6,9,12H,7-8,10-11,16H2,1-3H3. The summed E-state index contributed by atoms with van der Waals surface area (Å²) in [5.74, 6) is 1.76. The largest absolute Gasteiger partial charge is 0.497 e. The summed E-state index contributed by atoms with van der Waals surface area (Å²) in [5, 5.41) is 0. The van der Waals surface area contributed by atoms with Crippen LogP contribution in [0.5, 0.6) is 5.75 Å². The van der Waals surface area contributed by atoms with Gasteiger partial charge in [-0.3, -0.25) is 0 Å². The highest BCUT2D eigenvalue weighted by Gasteiger charge is 2.35. The predicted molar refractivity (Wildman–Crippen MR) is 76.2 cm³/mol. The Morgan fingerprint density at radius 1 is 1.44 bits per heavy atom. The predicted octanol–water partition coefficient (Wildman–Crippen LogP) is 2.65. The molecule has 1 unspecified atom stereocenters. The molecule has 1 atom stereocenters. The highest BCUT2D eigenvalue weighted by molar-refractivity contribution is 5.52. The highest BCUT2D eigenvalue weighted by atomic mass is 16.5. The van der Waals surface area contributed by atoms with E-state index < -0.39 is 0 Å². The van der Waals surface area contributed by atoms with Crippen LogP contribution in [0, 0.1) is 5.92 Å². The Bertz CT molecular complexity index is 403. The van der Waals surface area contributed by atoms with E-state index >= 15 is 0 Å². The van der Waals surface area contributed by atoms with E-state index in [2.05, 4.69) is 31.0 Å². The first-order valence-corrected chi connectivity index (χ1v) is 6.67. The van der Waals surface area contributed by atoms with E-state index in [0.717, 1.165) is 11.7 Å². The van der Waals surface area contributed by atoms with Gasteiger partial charge in [0.1, 0.15) is 5.75 Å². The van der Waals surface area contributed by atoms with Crippen molar-refractivity contribution in [3.63, 3.8) is 0 Å². The Labute approximate surface area is 110 Å². The van der Waals surface area contributed by atoms with Crippen LogP contribution in [0.4, 0.5) is 5.69 Å².